The Kier molecular flexibility index (Phi) is 3.00. The van der Waals surface area contributed by atoms with Crippen LogP contribution in [0.2, 0.25) is 0 Å². The molecule has 4 aromatic rings. The third-order valence-electron chi connectivity index (χ3n) is 3.64. The predicted molar refractivity (Wildman–Crippen MR) is 85.1 cm³/mol. The number of nitrogens with zero attached hydrogens (tertiary/aromatic N) is 3. The minimum absolute atomic E-state index is 0.733. The van der Waals surface area contributed by atoms with Crippen LogP contribution in [0.15, 0.2) is 65.2 Å². The maximum atomic E-state index is 5.80. The Balaban J connectivity index is 1.90. The van der Waals surface area contributed by atoms with Gasteiger partial charge in [-0.2, -0.15) is 0 Å². The lowest BCUT2D eigenvalue weighted by Crippen LogP contribution is -2.02. The summed E-state index contributed by atoms with van der Waals surface area (Å²) < 4.78 is 7.79. The first kappa shape index (κ1) is 12.8. The molecule has 4 heteroatoms. The van der Waals surface area contributed by atoms with Crippen molar-refractivity contribution in [1.29, 1.82) is 0 Å². The van der Waals surface area contributed by atoms with Crippen LogP contribution in [0.25, 0.3) is 17.0 Å². The Labute approximate surface area is 128 Å². The molecule has 0 amide bonds. The molecule has 3 heterocycles. The molecule has 4 nitrogen and oxygen atoms in total. The van der Waals surface area contributed by atoms with Gasteiger partial charge in [0.25, 0.3) is 0 Å². The molecule has 0 spiro atoms. The third kappa shape index (κ3) is 2.19. The van der Waals surface area contributed by atoms with Crippen LogP contribution in [-0.4, -0.2) is 14.5 Å². The van der Waals surface area contributed by atoms with Gasteiger partial charge in [-0.3, -0.25) is 0 Å². The second-order valence-electron chi connectivity index (χ2n) is 5.26. The van der Waals surface area contributed by atoms with Crippen molar-refractivity contribution in [2.24, 2.45) is 0 Å². The summed E-state index contributed by atoms with van der Waals surface area (Å²) in [6, 6.07) is 18.1. The number of hydrogen-bond acceptors (Lipinski definition) is 3. The first-order valence-corrected chi connectivity index (χ1v) is 7.24. The third-order valence-corrected chi connectivity index (χ3v) is 3.64. The van der Waals surface area contributed by atoms with Crippen molar-refractivity contribution in [1.82, 2.24) is 14.5 Å². The molecule has 0 saturated carbocycles. The van der Waals surface area contributed by atoms with E-state index in [9.17, 15) is 0 Å². The van der Waals surface area contributed by atoms with E-state index in [-0.39, 0.29) is 0 Å². The number of benzene rings is 1. The molecule has 0 aliphatic carbocycles. The fourth-order valence-corrected chi connectivity index (χ4v) is 2.63. The maximum Gasteiger partial charge on any atom is 0.206 e. The van der Waals surface area contributed by atoms with Gasteiger partial charge < -0.3 is 4.42 Å². The monoisotopic (exact) mass is 289 g/mol. The lowest BCUT2D eigenvalue weighted by atomic mass is 10.1. The Morgan fingerprint density at radius 3 is 2.64 bits per heavy atom. The molecule has 0 aliphatic heterocycles. The fraction of sp³-hybridized carbons (Fsp3) is 0.111. The van der Waals surface area contributed by atoms with Gasteiger partial charge in [0.15, 0.2) is 5.65 Å². The molecule has 0 aliphatic rings. The first-order valence-electron chi connectivity index (χ1n) is 7.24. The van der Waals surface area contributed by atoms with E-state index in [1.165, 1.54) is 5.56 Å². The van der Waals surface area contributed by atoms with Crippen LogP contribution < -0.4 is 0 Å². The molecule has 4 rings (SSSR count). The Bertz CT molecular complexity index is 922. The van der Waals surface area contributed by atoms with Gasteiger partial charge in [0.05, 0.1) is 0 Å². The van der Waals surface area contributed by atoms with E-state index in [0.717, 1.165) is 35.1 Å². The van der Waals surface area contributed by atoms with E-state index in [0.29, 0.717) is 0 Å². The number of fused-ring (bicyclic) bond motifs is 1. The van der Waals surface area contributed by atoms with Crippen LogP contribution in [-0.2, 0) is 6.42 Å². The smallest absolute Gasteiger partial charge is 0.206 e. The Morgan fingerprint density at radius 2 is 1.86 bits per heavy atom. The lowest BCUT2D eigenvalue weighted by molar-refractivity contribution is 0.509. The highest BCUT2D eigenvalue weighted by atomic mass is 16.4. The second-order valence-corrected chi connectivity index (χ2v) is 5.26. The molecule has 0 saturated heterocycles. The zero-order valence-corrected chi connectivity index (χ0v) is 12.2. The van der Waals surface area contributed by atoms with Crippen LogP contribution in [0.5, 0.6) is 0 Å². The first-order chi connectivity index (χ1) is 10.8. The number of furan rings is 1. The van der Waals surface area contributed by atoms with E-state index in [2.05, 4.69) is 17.1 Å². The van der Waals surface area contributed by atoms with Gasteiger partial charge in [-0.25, -0.2) is 14.5 Å². The minimum Gasteiger partial charge on any atom is -0.445 e. The van der Waals surface area contributed by atoms with E-state index >= 15 is 0 Å². The molecule has 0 atom stereocenters. The van der Waals surface area contributed by atoms with Crippen LogP contribution >= 0.6 is 0 Å². The topological polar surface area (TPSA) is 43.9 Å². The second kappa shape index (κ2) is 5.15. The van der Waals surface area contributed by atoms with Gasteiger partial charge in [0, 0.05) is 18.7 Å². The largest absolute Gasteiger partial charge is 0.445 e. The van der Waals surface area contributed by atoms with Crippen molar-refractivity contribution in [2.75, 3.05) is 0 Å². The van der Waals surface area contributed by atoms with Crippen molar-refractivity contribution < 1.29 is 4.42 Å². The number of pyridine rings is 1. The zero-order valence-electron chi connectivity index (χ0n) is 12.2. The quantitative estimate of drug-likeness (QED) is 0.574. The molecule has 0 N–H and O–H groups in total. The molecule has 0 bridgehead atoms. The number of hydrogen-bond donors (Lipinski definition) is 0. The van der Waals surface area contributed by atoms with Crippen molar-refractivity contribution in [3.8, 4) is 5.88 Å². The van der Waals surface area contributed by atoms with Gasteiger partial charge in [-0.05, 0) is 30.7 Å². The van der Waals surface area contributed by atoms with Crippen molar-refractivity contribution >= 4 is 11.2 Å². The predicted octanol–water partition coefficient (Wildman–Crippen LogP) is 3.91. The summed E-state index contributed by atoms with van der Waals surface area (Å²) in [5, 5.41) is 0. The maximum absolute atomic E-state index is 5.80. The molecular formula is C18H15N3O. The van der Waals surface area contributed by atoms with Gasteiger partial charge >= 0.3 is 0 Å². The highest BCUT2D eigenvalue weighted by Gasteiger charge is 2.15. The van der Waals surface area contributed by atoms with Crippen molar-refractivity contribution in [2.45, 2.75) is 13.3 Å². The SMILES string of the molecule is Cc1ccc(-n2c(Cc3ccccc3)nc3cccnc32)o1. The number of rotatable bonds is 3. The lowest BCUT2D eigenvalue weighted by Gasteiger charge is -2.05. The molecule has 22 heavy (non-hydrogen) atoms. The molecule has 0 fully saturated rings. The summed E-state index contributed by atoms with van der Waals surface area (Å²) in [5.41, 5.74) is 2.91. The zero-order chi connectivity index (χ0) is 14.9. The molecule has 108 valence electrons. The van der Waals surface area contributed by atoms with Gasteiger partial charge in [0.2, 0.25) is 5.88 Å². The van der Waals surface area contributed by atoms with Gasteiger partial charge in [-0.1, -0.05) is 30.3 Å². The highest BCUT2D eigenvalue weighted by molar-refractivity contribution is 5.73. The molecule has 3 aromatic heterocycles. The number of aryl methyl sites for hydroxylation is 1. The van der Waals surface area contributed by atoms with Crippen LogP contribution in [0, 0.1) is 6.92 Å². The molecule has 0 unspecified atom stereocenters. The molecule has 1 aromatic carbocycles. The summed E-state index contributed by atoms with van der Waals surface area (Å²) >= 11 is 0. The normalized spacial score (nSPS) is 11.1. The minimum atomic E-state index is 0.733. The summed E-state index contributed by atoms with van der Waals surface area (Å²) in [5.74, 6) is 2.55. The fourth-order valence-electron chi connectivity index (χ4n) is 2.63. The van der Waals surface area contributed by atoms with Crippen LogP contribution in [0.3, 0.4) is 0 Å². The Hall–Kier alpha value is -2.88. The average Bonchev–Trinajstić information content (AvgIpc) is 3.11. The van der Waals surface area contributed by atoms with E-state index < -0.39 is 0 Å². The summed E-state index contributed by atoms with van der Waals surface area (Å²) in [6.07, 6.45) is 2.51. The summed E-state index contributed by atoms with van der Waals surface area (Å²) in [6.45, 7) is 1.94. The van der Waals surface area contributed by atoms with E-state index in [1.54, 1.807) is 6.20 Å². The van der Waals surface area contributed by atoms with Crippen LogP contribution in [0.1, 0.15) is 17.1 Å². The Morgan fingerprint density at radius 1 is 1.00 bits per heavy atom. The van der Waals surface area contributed by atoms with Crippen LogP contribution in [0.4, 0.5) is 0 Å². The standard InChI is InChI=1S/C18H15N3O/c1-13-9-10-17(22-13)21-16(12-14-6-3-2-4-7-14)20-15-8-5-11-19-18(15)21/h2-11H,12H2,1H3. The molecule has 0 radical (unpaired) electrons. The van der Waals surface area contributed by atoms with E-state index in [4.69, 9.17) is 9.40 Å². The van der Waals surface area contributed by atoms with Gasteiger partial charge in [0.1, 0.15) is 17.1 Å². The van der Waals surface area contributed by atoms with Crippen molar-refractivity contribution in [3.05, 3.63) is 77.9 Å². The average molecular weight is 289 g/mol. The highest BCUT2D eigenvalue weighted by Crippen LogP contribution is 2.23. The summed E-state index contributed by atoms with van der Waals surface area (Å²) in [4.78, 5) is 9.20. The van der Waals surface area contributed by atoms with Crippen molar-refractivity contribution in [3.63, 3.8) is 0 Å². The van der Waals surface area contributed by atoms with Gasteiger partial charge in [-0.15, -0.1) is 0 Å². The summed E-state index contributed by atoms with van der Waals surface area (Å²) in [7, 11) is 0. The molecular weight excluding hydrogens is 274 g/mol. The van der Waals surface area contributed by atoms with E-state index in [1.807, 2.05) is 54.0 Å². The number of imidazole rings is 1. The number of aromatic nitrogens is 3.